The fourth-order valence-corrected chi connectivity index (χ4v) is 2.09. The van der Waals surface area contributed by atoms with E-state index in [0.29, 0.717) is 5.69 Å². The number of para-hydroxylation sites is 1. The number of rotatable bonds is 6. The van der Waals surface area contributed by atoms with Gasteiger partial charge in [0.15, 0.2) is 0 Å². The van der Waals surface area contributed by atoms with Gasteiger partial charge in [0.2, 0.25) is 11.8 Å². The Balaban J connectivity index is 1.94. The second-order valence-electron chi connectivity index (χ2n) is 5.87. The minimum absolute atomic E-state index is 0.0352. The summed E-state index contributed by atoms with van der Waals surface area (Å²) in [6.45, 7) is 3.86. The second kappa shape index (κ2) is 8.15. The highest BCUT2D eigenvalue weighted by Gasteiger charge is 2.11. The summed E-state index contributed by atoms with van der Waals surface area (Å²) >= 11 is 0. The Hall–Kier alpha value is -2.82. The predicted molar refractivity (Wildman–Crippen MR) is 98.3 cm³/mol. The molecule has 24 heavy (non-hydrogen) atoms. The molecule has 0 radical (unpaired) electrons. The number of amides is 2. The molecule has 2 N–H and O–H groups in total. The van der Waals surface area contributed by atoms with E-state index >= 15 is 0 Å². The monoisotopic (exact) mass is 325 g/mol. The number of likely N-dealkylation sites (N-methyl/N-ethyl adjacent to an activating group) is 1. The van der Waals surface area contributed by atoms with Crippen LogP contribution in [0.2, 0.25) is 0 Å². The average Bonchev–Trinajstić information content (AvgIpc) is 2.60. The first-order valence-corrected chi connectivity index (χ1v) is 7.94. The van der Waals surface area contributed by atoms with E-state index < -0.39 is 0 Å². The van der Waals surface area contributed by atoms with Crippen LogP contribution in [-0.4, -0.2) is 25.4 Å². The molecule has 2 aromatic carbocycles. The van der Waals surface area contributed by atoms with Crippen molar-refractivity contribution in [2.75, 3.05) is 29.1 Å². The summed E-state index contributed by atoms with van der Waals surface area (Å²) in [5.74, 6) is -0.160. The average molecular weight is 325 g/mol. The molecule has 2 aromatic rings. The Labute approximate surface area is 142 Å². The number of nitrogens with one attached hydrogen (secondary N) is 2. The molecule has 5 nitrogen and oxygen atoms in total. The van der Waals surface area contributed by atoms with Gasteiger partial charge in [0.05, 0.1) is 6.54 Å². The molecule has 0 fully saturated rings. The normalized spacial score (nSPS) is 10.3. The van der Waals surface area contributed by atoms with Gasteiger partial charge in [0.1, 0.15) is 0 Å². The molecule has 0 unspecified atom stereocenters. The van der Waals surface area contributed by atoms with E-state index in [9.17, 15) is 9.59 Å². The smallest absolute Gasteiger partial charge is 0.246 e. The fourth-order valence-electron chi connectivity index (χ4n) is 2.09. The zero-order valence-corrected chi connectivity index (χ0v) is 14.2. The highest BCUT2D eigenvalue weighted by molar-refractivity contribution is 5.96. The fraction of sp³-hybridized carbons (Fsp3) is 0.263. The molecule has 2 rings (SSSR count). The summed E-state index contributed by atoms with van der Waals surface area (Å²) in [4.78, 5) is 25.6. The van der Waals surface area contributed by atoms with Crippen LogP contribution in [0.4, 0.5) is 17.1 Å². The molecule has 2 amide bonds. The molecule has 0 aliphatic heterocycles. The van der Waals surface area contributed by atoms with Gasteiger partial charge >= 0.3 is 0 Å². The number of carbonyl (C=O) groups excluding carboxylic acids is 2. The zero-order valence-electron chi connectivity index (χ0n) is 14.2. The lowest BCUT2D eigenvalue weighted by molar-refractivity contribution is -0.119. The first-order valence-electron chi connectivity index (χ1n) is 7.94. The van der Waals surface area contributed by atoms with Crippen LogP contribution in [0.5, 0.6) is 0 Å². The van der Waals surface area contributed by atoms with Gasteiger partial charge < -0.3 is 15.5 Å². The van der Waals surface area contributed by atoms with Crippen LogP contribution in [0.3, 0.4) is 0 Å². The van der Waals surface area contributed by atoms with Crippen LogP contribution in [0.15, 0.2) is 54.6 Å². The van der Waals surface area contributed by atoms with Crippen LogP contribution in [0.1, 0.15) is 13.8 Å². The molecule has 126 valence electrons. The first kappa shape index (κ1) is 17.5. The summed E-state index contributed by atoms with van der Waals surface area (Å²) in [5.41, 5.74) is 2.34. The molecule has 0 aliphatic carbocycles. The van der Waals surface area contributed by atoms with Crippen molar-refractivity contribution in [2.24, 2.45) is 5.92 Å². The molecule has 0 spiro atoms. The Kier molecular flexibility index (Phi) is 5.95. The summed E-state index contributed by atoms with van der Waals surface area (Å²) < 4.78 is 0. The molecule has 5 heteroatoms. The van der Waals surface area contributed by atoms with E-state index in [2.05, 4.69) is 10.6 Å². The maximum absolute atomic E-state index is 12.3. The summed E-state index contributed by atoms with van der Waals surface area (Å²) in [5, 5.41) is 5.94. The number of anilines is 3. The third-order valence-corrected chi connectivity index (χ3v) is 3.62. The summed E-state index contributed by atoms with van der Waals surface area (Å²) in [6, 6.07) is 16.8. The second-order valence-corrected chi connectivity index (χ2v) is 5.87. The third kappa shape index (κ3) is 4.84. The number of carbonyl (C=O) groups is 2. The van der Waals surface area contributed by atoms with Crippen LogP contribution in [0, 0.1) is 5.92 Å². The Morgan fingerprint density at radius 1 is 1.00 bits per heavy atom. The summed E-state index contributed by atoms with van der Waals surface area (Å²) in [6.07, 6.45) is 0. The number of benzene rings is 2. The lowest BCUT2D eigenvalue weighted by Crippen LogP contribution is -2.32. The zero-order chi connectivity index (χ0) is 17.5. The van der Waals surface area contributed by atoms with E-state index in [1.807, 2.05) is 68.4 Å². The maximum Gasteiger partial charge on any atom is 0.246 e. The quantitative estimate of drug-likeness (QED) is 0.856. The van der Waals surface area contributed by atoms with Gasteiger partial charge in [-0.25, -0.2) is 0 Å². The van der Waals surface area contributed by atoms with Crippen molar-refractivity contribution in [3.8, 4) is 0 Å². The van der Waals surface area contributed by atoms with Gasteiger partial charge in [0, 0.05) is 30.0 Å². The van der Waals surface area contributed by atoms with Crippen LogP contribution in [0.25, 0.3) is 0 Å². The highest BCUT2D eigenvalue weighted by Crippen LogP contribution is 2.16. The molecule has 0 aromatic heterocycles. The van der Waals surface area contributed by atoms with Crippen LogP contribution in [-0.2, 0) is 9.59 Å². The van der Waals surface area contributed by atoms with Crippen molar-refractivity contribution in [1.82, 2.24) is 0 Å². The van der Waals surface area contributed by atoms with Gasteiger partial charge in [-0.15, -0.1) is 0 Å². The van der Waals surface area contributed by atoms with Gasteiger partial charge in [-0.3, -0.25) is 9.59 Å². The molecular formula is C19H23N3O2. The van der Waals surface area contributed by atoms with Crippen molar-refractivity contribution < 1.29 is 9.59 Å². The van der Waals surface area contributed by atoms with Gasteiger partial charge in [0.25, 0.3) is 0 Å². The molecule has 0 heterocycles. The summed E-state index contributed by atoms with van der Waals surface area (Å²) in [7, 11) is 1.75. The Morgan fingerprint density at radius 2 is 1.67 bits per heavy atom. The predicted octanol–water partition coefficient (Wildman–Crippen LogP) is 3.36. The standard InChI is InChI=1S/C19H23N3O2/c1-14(2)19(24)21-16-9-7-8-15(12-16)20-13-18(23)22(3)17-10-5-4-6-11-17/h4-12,14,20H,13H2,1-3H3,(H,21,24). The Morgan fingerprint density at radius 3 is 2.33 bits per heavy atom. The highest BCUT2D eigenvalue weighted by atomic mass is 16.2. The van der Waals surface area contributed by atoms with E-state index in [-0.39, 0.29) is 24.3 Å². The maximum atomic E-state index is 12.3. The van der Waals surface area contributed by atoms with Crippen molar-refractivity contribution in [3.63, 3.8) is 0 Å². The van der Waals surface area contributed by atoms with Gasteiger partial charge in [-0.1, -0.05) is 38.1 Å². The number of hydrogen-bond donors (Lipinski definition) is 2. The van der Waals surface area contributed by atoms with Gasteiger partial charge in [-0.2, -0.15) is 0 Å². The molecule has 0 aliphatic rings. The van der Waals surface area contributed by atoms with E-state index in [4.69, 9.17) is 0 Å². The van der Waals surface area contributed by atoms with Crippen LogP contribution < -0.4 is 15.5 Å². The molecule has 0 bridgehead atoms. The van der Waals surface area contributed by atoms with Crippen LogP contribution >= 0.6 is 0 Å². The number of hydrogen-bond acceptors (Lipinski definition) is 3. The molecule has 0 saturated carbocycles. The molecule has 0 saturated heterocycles. The van der Waals surface area contributed by atoms with Crippen molar-refractivity contribution in [1.29, 1.82) is 0 Å². The lowest BCUT2D eigenvalue weighted by Gasteiger charge is -2.18. The largest absolute Gasteiger partial charge is 0.376 e. The topological polar surface area (TPSA) is 61.4 Å². The molecular weight excluding hydrogens is 302 g/mol. The number of nitrogens with zero attached hydrogens (tertiary/aromatic N) is 1. The molecule has 0 atom stereocenters. The minimum Gasteiger partial charge on any atom is -0.376 e. The van der Waals surface area contributed by atoms with Gasteiger partial charge in [-0.05, 0) is 30.3 Å². The van der Waals surface area contributed by atoms with E-state index in [0.717, 1.165) is 11.4 Å². The third-order valence-electron chi connectivity index (χ3n) is 3.62. The lowest BCUT2D eigenvalue weighted by atomic mass is 10.2. The van der Waals surface area contributed by atoms with E-state index in [1.165, 1.54) is 0 Å². The van der Waals surface area contributed by atoms with Crippen molar-refractivity contribution >= 4 is 28.9 Å². The first-order chi connectivity index (χ1) is 11.5. The SMILES string of the molecule is CC(C)C(=O)Nc1cccc(NCC(=O)N(C)c2ccccc2)c1. The minimum atomic E-state index is -0.0808. The Bertz CT molecular complexity index is 699. The van der Waals surface area contributed by atoms with Crippen molar-refractivity contribution in [2.45, 2.75) is 13.8 Å². The van der Waals surface area contributed by atoms with Crippen molar-refractivity contribution in [3.05, 3.63) is 54.6 Å². The van der Waals surface area contributed by atoms with E-state index in [1.54, 1.807) is 11.9 Å².